The molecule has 6 heteroatoms. The highest BCUT2D eigenvalue weighted by Gasteiger charge is 2.20. The van der Waals surface area contributed by atoms with Crippen LogP contribution in [0.1, 0.15) is 29.3 Å². The van der Waals surface area contributed by atoms with E-state index in [1.165, 1.54) is 4.90 Å². The fourth-order valence-corrected chi connectivity index (χ4v) is 1.98. The van der Waals surface area contributed by atoms with Crippen LogP contribution in [0.25, 0.3) is 0 Å². The number of nitrogens with zero attached hydrogens (tertiary/aromatic N) is 2. The lowest BCUT2D eigenvalue weighted by Crippen LogP contribution is -2.37. The van der Waals surface area contributed by atoms with Crippen LogP contribution in [-0.4, -0.2) is 34.9 Å². The van der Waals surface area contributed by atoms with E-state index >= 15 is 0 Å². The van der Waals surface area contributed by atoms with Crippen LogP contribution in [-0.2, 0) is 0 Å². The molecule has 0 aliphatic rings. The number of hydrogen-bond donors (Lipinski definition) is 2. The van der Waals surface area contributed by atoms with E-state index in [9.17, 15) is 4.79 Å². The Morgan fingerprint density at radius 2 is 2.21 bits per heavy atom. The number of rotatable bonds is 4. The zero-order chi connectivity index (χ0) is 14.6. The van der Waals surface area contributed by atoms with Gasteiger partial charge >= 0.3 is 0 Å². The van der Waals surface area contributed by atoms with Crippen molar-refractivity contribution >= 4 is 23.3 Å². The number of amidine groups is 1. The first-order chi connectivity index (χ1) is 8.86. The number of amides is 1. The largest absolute Gasteiger partial charge is 0.409 e. The Bertz CT molecular complexity index is 503. The van der Waals surface area contributed by atoms with Crippen LogP contribution in [0.2, 0.25) is 5.02 Å². The minimum atomic E-state index is -0.194. The highest BCUT2D eigenvalue weighted by molar-refractivity contribution is 6.33. The molecule has 0 aliphatic carbocycles. The molecular formula is C13H18ClN3O2. The van der Waals surface area contributed by atoms with Crippen molar-refractivity contribution < 1.29 is 10.0 Å². The Hall–Kier alpha value is -1.75. The molecule has 3 N–H and O–H groups in total. The molecule has 0 saturated carbocycles. The highest BCUT2D eigenvalue weighted by atomic mass is 35.5. The van der Waals surface area contributed by atoms with Gasteiger partial charge in [-0.1, -0.05) is 22.8 Å². The maximum atomic E-state index is 12.3. The lowest BCUT2D eigenvalue weighted by atomic mass is 10.1. The molecule has 0 spiro atoms. The molecule has 0 radical (unpaired) electrons. The van der Waals surface area contributed by atoms with Crippen molar-refractivity contribution in [1.82, 2.24) is 4.90 Å². The summed E-state index contributed by atoms with van der Waals surface area (Å²) < 4.78 is 0. The smallest absolute Gasteiger partial charge is 0.255 e. The van der Waals surface area contributed by atoms with E-state index in [0.29, 0.717) is 17.0 Å². The highest BCUT2D eigenvalue weighted by Crippen LogP contribution is 2.20. The minimum Gasteiger partial charge on any atom is -0.409 e. The molecule has 0 heterocycles. The van der Waals surface area contributed by atoms with Crippen molar-refractivity contribution in [3.05, 3.63) is 34.3 Å². The molecular weight excluding hydrogens is 266 g/mol. The van der Waals surface area contributed by atoms with E-state index in [4.69, 9.17) is 22.5 Å². The quantitative estimate of drug-likeness (QED) is 0.385. The van der Waals surface area contributed by atoms with Gasteiger partial charge in [0.05, 0.1) is 10.6 Å². The van der Waals surface area contributed by atoms with Gasteiger partial charge < -0.3 is 15.8 Å². The summed E-state index contributed by atoms with van der Waals surface area (Å²) in [6.45, 7) is 3.73. The number of carbonyl (C=O) groups is 1. The normalized spacial score (nSPS) is 13.2. The molecule has 1 atom stereocenters. The van der Waals surface area contributed by atoms with E-state index in [2.05, 4.69) is 5.16 Å². The number of nitrogens with two attached hydrogens (primary N) is 1. The van der Waals surface area contributed by atoms with Crippen LogP contribution in [0.4, 0.5) is 0 Å². The average molecular weight is 284 g/mol. The molecule has 1 aromatic carbocycles. The van der Waals surface area contributed by atoms with Crippen LogP contribution in [0.5, 0.6) is 0 Å². The predicted molar refractivity (Wildman–Crippen MR) is 75.8 cm³/mol. The summed E-state index contributed by atoms with van der Waals surface area (Å²) in [5.74, 6) is -0.106. The summed E-state index contributed by atoms with van der Waals surface area (Å²) in [6.07, 6.45) is 0.294. The Kier molecular flexibility index (Phi) is 5.18. The van der Waals surface area contributed by atoms with E-state index in [-0.39, 0.29) is 17.8 Å². The molecule has 0 bridgehead atoms. The third kappa shape index (κ3) is 3.86. The first kappa shape index (κ1) is 15.3. The Balaban J connectivity index is 2.87. The van der Waals surface area contributed by atoms with Gasteiger partial charge in [0, 0.05) is 19.5 Å². The summed E-state index contributed by atoms with van der Waals surface area (Å²) in [5, 5.41) is 11.9. The van der Waals surface area contributed by atoms with Gasteiger partial charge in [0.25, 0.3) is 5.91 Å². The first-order valence-electron chi connectivity index (χ1n) is 5.86. The number of aryl methyl sites for hydroxylation is 1. The van der Waals surface area contributed by atoms with E-state index in [1.54, 1.807) is 19.2 Å². The molecule has 104 valence electrons. The fraction of sp³-hybridized carbons (Fsp3) is 0.385. The van der Waals surface area contributed by atoms with Gasteiger partial charge in [0.15, 0.2) is 0 Å². The molecule has 0 aliphatic heterocycles. The topological polar surface area (TPSA) is 78.9 Å². The molecule has 1 unspecified atom stereocenters. The Morgan fingerprint density at radius 1 is 1.58 bits per heavy atom. The predicted octanol–water partition coefficient (Wildman–Crippen LogP) is 2.25. The van der Waals surface area contributed by atoms with Gasteiger partial charge in [-0.25, -0.2) is 0 Å². The number of benzene rings is 1. The monoisotopic (exact) mass is 283 g/mol. The number of hydrogen-bond acceptors (Lipinski definition) is 3. The van der Waals surface area contributed by atoms with Crippen molar-refractivity contribution in [2.24, 2.45) is 10.9 Å². The van der Waals surface area contributed by atoms with Crippen LogP contribution in [0, 0.1) is 6.92 Å². The van der Waals surface area contributed by atoms with E-state index in [1.807, 2.05) is 19.9 Å². The third-order valence-corrected chi connectivity index (χ3v) is 3.28. The standard InChI is InChI=1S/C13H18ClN3O2/c1-8-4-5-10(11(14)6-8)13(18)17(3)9(2)7-12(15)16-19/h4-6,9,19H,7H2,1-3H3,(H2,15,16). The maximum absolute atomic E-state index is 12.3. The molecule has 0 fully saturated rings. The summed E-state index contributed by atoms with van der Waals surface area (Å²) in [7, 11) is 1.66. The van der Waals surface area contributed by atoms with Crippen LogP contribution >= 0.6 is 11.6 Å². The summed E-state index contributed by atoms with van der Waals surface area (Å²) in [4.78, 5) is 13.8. The molecule has 1 amide bonds. The maximum Gasteiger partial charge on any atom is 0.255 e. The molecule has 19 heavy (non-hydrogen) atoms. The SMILES string of the molecule is Cc1ccc(C(=O)N(C)C(C)C/C(N)=N/O)c(Cl)c1. The van der Waals surface area contributed by atoms with Crippen molar-refractivity contribution in [1.29, 1.82) is 0 Å². The Morgan fingerprint density at radius 3 is 2.74 bits per heavy atom. The van der Waals surface area contributed by atoms with E-state index in [0.717, 1.165) is 5.56 Å². The van der Waals surface area contributed by atoms with Crippen molar-refractivity contribution in [3.63, 3.8) is 0 Å². The second kappa shape index (κ2) is 6.43. The van der Waals surface area contributed by atoms with E-state index < -0.39 is 0 Å². The lowest BCUT2D eigenvalue weighted by molar-refractivity contribution is 0.0747. The minimum absolute atomic E-state index is 0.0853. The van der Waals surface area contributed by atoms with Crippen LogP contribution in [0.3, 0.4) is 0 Å². The number of carbonyl (C=O) groups excluding carboxylic acids is 1. The lowest BCUT2D eigenvalue weighted by Gasteiger charge is -2.25. The number of oxime groups is 1. The van der Waals surface area contributed by atoms with Gasteiger partial charge in [-0.15, -0.1) is 0 Å². The first-order valence-corrected chi connectivity index (χ1v) is 6.24. The van der Waals surface area contributed by atoms with Crippen molar-refractivity contribution in [2.45, 2.75) is 26.3 Å². The van der Waals surface area contributed by atoms with Gasteiger partial charge in [0.2, 0.25) is 0 Å². The van der Waals surface area contributed by atoms with Crippen molar-refractivity contribution in [3.8, 4) is 0 Å². The van der Waals surface area contributed by atoms with Gasteiger partial charge in [-0.05, 0) is 31.5 Å². The zero-order valence-corrected chi connectivity index (χ0v) is 12.0. The molecule has 0 aromatic heterocycles. The van der Waals surface area contributed by atoms with Gasteiger partial charge in [0.1, 0.15) is 5.84 Å². The average Bonchev–Trinajstić information content (AvgIpc) is 2.36. The molecule has 0 saturated heterocycles. The summed E-state index contributed by atoms with van der Waals surface area (Å²) >= 11 is 6.07. The van der Waals surface area contributed by atoms with Crippen LogP contribution in [0.15, 0.2) is 23.4 Å². The second-order valence-corrected chi connectivity index (χ2v) is 4.95. The zero-order valence-electron chi connectivity index (χ0n) is 11.2. The summed E-state index contributed by atoms with van der Waals surface area (Å²) in [6, 6.07) is 5.09. The van der Waals surface area contributed by atoms with Crippen LogP contribution < -0.4 is 5.73 Å². The molecule has 5 nitrogen and oxygen atoms in total. The fourth-order valence-electron chi connectivity index (χ4n) is 1.66. The number of halogens is 1. The van der Waals surface area contributed by atoms with Crippen molar-refractivity contribution in [2.75, 3.05) is 7.05 Å². The molecule has 1 rings (SSSR count). The third-order valence-electron chi connectivity index (χ3n) is 2.97. The molecule has 1 aromatic rings. The second-order valence-electron chi connectivity index (χ2n) is 4.54. The van der Waals surface area contributed by atoms with Gasteiger partial charge in [-0.3, -0.25) is 4.79 Å². The summed E-state index contributed by atoms with van der Waals surface area (Å²) in [5.41, 5.74) is 6.88. The van der Waals surface area contributed by atoms with Gasteiger partial charge in [-0.2, -0.15) is 0 Å². The Labute approximate surface area is 117 Å².